The molecule has 1 aliphatic heterocycles. The quantitative estimate of drug-likeness (QED) is 0.363. The van der Waals surface area contributed by atoms with E-state index in [1.54, 1.807) is 12.1 Å². The summed E-state index contributed by atoms with van der Waals surface area (Å²) >= 11 is 0. The predicted molar refractivity (Wildman–Crippen MR) is 127 cm³/mol. The number of fused-ring (bicyclic) bond motifs is 1. The summed E-state index contributed by atoms with van der Waals surface area (Å²) in [4.78, 5) is 50.6. The van der Waals surface area contributed by atoms with Crippen LogP contribution in [0, 0.1) is 34.8 Å². The average molecular weight is 465 g/mol. The van der Waals surface area contributed by atoms with Gasteiger partial charge >= 0.3 is 0 Å². The molecule has 4 rings (SSSR count). The van der Waals surface area contributed by atoms with Gasteiger partial charge in [0, 0.05) is 36.6 Å². The molecular weight excluding hydrogens is 436 g/mol. The maximum Gasteiger partial charge on any atom is 0.270 e. The Morgan fingerprint density at radius 2 is 1.82 bits per heavy atom. The summed E-state index contributed by atoms with van der Waals surface area (Å²) in [6.45, 7) is 4.37. The van der Waals surface area contributed by atoms with Crippen molar-refractivity contribution in [3.05, 3.63) is 63.7 Å². The van der Waals surface area contributed by atoms with Crippen LogP contribution in [0.3, 0.4) is 0 Å². The number of non-ortho nitro benzene ring substituents is 1. The van der Waals surface area contributed by atoms with Gasteiger partial charge in [0.1, 0.15) is 0 Å². The number of para-hydroxylation sites is 1. The first-order valence-corrected chi connectivity index (χ1v) is 11.5. The van der Waals surface area contributed by atoms with Crippen molar-refractivity contribution in [3.8, 4) is 0 Å². The summed E-state index contributed by atoms with van der Waals surface area (Å²) in [5.74, 6) is -0.751. The molecule has 2 fully saturated rings. The molecule has 0 aromatic heterocycles. The Labute approximate surface area is 197 Å². The number of hydrogen-bond donors (Lipinski definition) is 2. The van der Waals surface area contributed by atoms with Crippen LogP contribution >= 0.6 is 0 Å². The molecule has 1 saturated carbocycles. The normalized spacial score (nSPS) is 21.8. The number of carbonyl (C=O) groups excluding carboxylic acids is 3. The van der Waals surface area contributed by atoms with Gasteiger partial charge in [0.05, 0.1) is 22.3 Å². The molecule has 3 atom stereocenters. The van der Waals surface area contributed by atoms with E-state index in [2.05, 4.69) is 17.6 Å². The molecule has 2 aromatic carbocycles. The van der Waals surface area contributed by atoms with Gasteiger partial charge in [-0.15, -0.1) is 0 Å². The van der Waals surface area contributed by atoms with E-state index in [-0.39, 0.29) is 48.0 Å². The second-order valence-electron chi connectivity index (χ2n) is 9.14. The number of carbonyl (C=O) groups is 3. The van der Waals surface area contributed by atoms with Crippen molar-refractivity contribution in [2.75, 3.05) is 23.7 Å². The number of benzene rings is 2. The number of anilines is 2. The molecule has 1 aliphatic carbocycles. The lowest BCUT2D eigenvalue weighted by atomic mass is 9.76. The standard InChI is InChI=1S/C25H28N4O5/c1-15-7-9-18-19(13-15)25(32)28(24(18)31)12-11-26-22-10-8-17(29(33)34)14-20(22)23(30)27-21-6-4-3-5-16(21)2/h3-6,8,10,14-15,18-19,26H,7,9,11-13H2,1-2H3,(H,27,30)/t15-,18+,19+/m0/s1. The summed E-state index contributed by atoms with van der Waals surface area (Å²) in [6, 6.07) is 11.3. The van der Waals surface area contributed by atoms with Crippen LogP contribution in [-0.2, 0) is 9.59 Å². The molecular formula is C25H28N4O5. The monoisotopic (exact) mass is 464 g/mol. The van der Waals surface area contributed by atoms with Crippen LogP contribution in [0.5, 0.6) is 0 Å². The Balaban J connectivity index is 1.48. The van der Waals surface area contributed by atoms with Crippen molar-refractivity contribution >= 4 is 34.8 Å². The SMILES string of the molecule is Cc1ccccc1NC(=O)c1cc([N+](=O)[O-])ccc1NCCN1C(=O)[C@@H]2CC[C@H](C)C[C@H]2C1=O. The average Bonchev–Trinajstić information content (AvgIpc) is 3.04. The Kier molecular flexibility index (Phi) is 6.63. The number of nitro groups is 1. The minimum absolute atomic E-state index is 0.110. The highest BCUT2D eigenvalue weighted by atomic mass is 16.6. The Morgan fingerprint density at radius 1 is 1.09 bits per heavy atom. The van der Waals surface area contributed by atoms with E-state index in [1.165, 1.54) is 23.1 Å². The zero-order valence-corrected chi connectivity index (χ0v) is 19.2. The predicted octanol–water partition coefficient (Wildman–Crippen LogP) is 3.99. The van der Waals surface area contributed by atoms with Crippen molar-refractivity contribution < 1.29 is 19.3 Å². The third-order valence-electron chi connectivity index (χ3n) is 6.78. The van der Waals surface area contributed by atoms with E-state index >= 15 is 0 Å². The molecule has 34 heavy (non-hydrogen) atoms. The number of amides is 3. The second-order valence-corrected chi connectivity index (χ2v) is 9.14. The van der Waals surface area contributed by atoms with E-state index in [4.69, 9.17) is 0 Å². The third-order valence-corrected chi connectivity index (χ3v) is 6.78. The molecule has 0 bridgehead atoms. The maximum absolute atomic E-state index is 13.0. The first kappa shape index (κ1) is 23.4. The van der Waals surface area contributed by atoms with Crippen molar-refractivity contribution in [2.24, 2.45) is 17.8 Å². The number of nitro benzene ring substituents is 1. The van der Waals surface area contributed by atoms with Gasteiger partial charge in [-0.3, -0.25) is 29.4 Å². The van der Waals surface area contributed by atoms with Crippen molar-refractivity contribution in [1.29, 1.82) is 0 Å². The zero-order valence-electron chi connectivity index (χ0n) is 19.2. The van der Waals surface area contributed by atoms with E-state index in [0.717, 1.165) is 24.8 Å². The largest absolute Gasteiger partial charge is 0.383 e. The van der Waals surface area contributed by atoms with E-state index < -0.39 is 10.8 Å². The van der Waals surface area contributed by atoms with Gasteiger partial charge in [0.2, 0.25) is 11.8 Å². The third kappa shape index (κ3) is 4.64. The van der Waals surface area contributed by atoms with Crippen LogP contribution in [-0.4, -0.2) is 40.6 Å². The highest BCUT2D eigenvalue weighted by molar-refractivity contribution is 6.09. The molecule has 2 N–H and O–H groups in total. The van der Waals surface area contributed by atoms with Crippen LogP contribution in [0.15, 0.2) is 42.5 Å². The van der Waals surface area contributed by atoms with Gasteiger partial charge in [0.25, 0.3) is 11.6 Å². The topological polar surface area (TPSA) is 122 Å². The number of nitrogens with one attached hydrogen (secondary N) is 2. The van der Waals surface area contributed by atoms with Crippen LogP contribution < -0.4 is 10.6 Å². The highest BCUT2D eigenvalue weighted by Gasteiger charge is 2.49. The maximum atomic E-state index is 13.0. The number of nitrogens with zero attached hydrogens (tertiary/aromatic N) is 2. The minimum atomic E-state index is -0.557. The van der Waals surface area contributed by atoms with E-state index in [0.29, 0.717) is 17.3 Å². The fourth-order valence-corrected chi connectivity index (χ4v) is 4.87. The Hall–Kier alpha value is -3.75. The molecule has 2 aromatic rings. The summed E-state index contributed by atoms with van der Waals surface area (Å²) in [7, 11) is 0. The lowest BCUT2D eigenvalue weighted by Gasteiger charge is -2.25. The molecule has 0 spiro atoms. The van der Waals surface area contributed by atoms with Crippen LogP contribution in [0.1, 0.15) is 42.1 Å². The van der Waals surface area contributed by atoms with Gasteiger partial charge in [0.15, 0.2) is 0 Å². The fourth-order valence-electron chi connectivity index (χ4n) is 4.87. The number of aryl methyl sites for hydroxylation is 1. The molecule has 1 heterocycles. The molecule has 2 aliphatic rings. The molecule has 3 amide bonds. The Bertz CT molecular complexity index is 1150. The number of imide groups is 1. The fraction of sp³-hybridized carbons (Fsp3) is 0.400. The lowest BCUT2D eigenvalue weighted by Crippen LogP contribution is -2.35. The molecule has 1 saturated heterocycles. The van der Waals surface area contributed by atoms with Gasteiger partial charge < -0.3 is 10.6 Å². The minimum Gasteiger partial charge on any atom is -0.383 e. The zero-order chi connectivity index (χ0) is 24.4. The van der Waals surface area contributed by atoms with Gasteiger partial charge in [-0.05, 0) is 49.8 Å². The van der Waals surface area contributed by atoms with Crippen LogP contribution in [0.2, 0.25) is 0 Å². The number of likely N-dealkylation sites (tertiary alicyclic amines) is 1. The second kappa shape index (κ2) is 9.62. The van der Waals surface area contributed by atoms with Gasteiger partial charge in [-0.1, -0.05) is 25.1 Å². The molecule has 0 radical (unpaired) electrons. The highest BCUT2D eigenvalue weighted by Crippen LogP contribution is 2.40. The summed E-state index contributed by atoms with van der Waals surface area (Å²) in [6.07, 6.45) is 2.44. The van der Waals surface area contributed by atoms with Crippen LogP contribution in [0.25, 0.3) is 0 Å². The first-order chi connectivity index (χ1) is 16.3. The van der Waals surface area contributed by atoms with Crippen molar-refractivity contribution in [2.45, 2.75) is 33.1 Å². The van der Waals surface area contributed by atoms with E-state index in [1.807, 2.05) is 19.1 Å². The Morgan fingerprint density at radius 3 is 2.56 bits per heavy atom. The van der Waals surface area contributed by atoms with Crippen LogP contribution in [0.4, 0.5) is 17.1 Å². The van der Waals surface area contributed by atoms with Crippen molar-refractivity contribution in [3.63, 3.8) is 0 Å². The van der Waals surface area contributed by atoms with Gasteiger partial charge in [-0.2, -0.15) is 0 Å². The molecule has 9 nitrogen and oxygen atoms in total. The summed E-state index contributed by atoms with van der Waals surface area (Å²) < 4.78 is 0. The van der Waals surface area contributed by atoms with E-state index in [9.17, 15) is 24.5 Å². The summed E-state index contributed by atoms with van der Waals surface area (Å²) in [5, 5.41) is 17.2. The smallest absolute Gasteiger partial charge is 0.270 e. The molecule has 0 unspecified atom stereocenters. The number of hydrogen-bond acceptors (Lipinski definition) is 6. The first-order valence-electron chi connectivity index (χ1n) is 11.5. The molecule has 9 heteroatoms. The number of rotatable bonds is 7. The molecule has 178 valence electrons. The van der Waals surface area contributed by atoms with Gasteiger partial charge in [-0.25, -0.2) is 0 Å². The summed E-state index contributed by atoms with van der Waals surface area (Å²) in [5.41, 5.74) is 1.76. The lowest BCUT2D eigenvalue weighted by molar-refractivity contribution is -0.384. The van der Waals surface area contributed by atoms with Crippen molar-refractivity contribution in [1.82, 2.24) is 4.90 Å².